The van der Waals surface area contributed by atoms with Gasteiger partial charge in [-0.1, -0.05) is 13.3 Å². The Hall–Kier alpha value is -1.91. The van der Waals surface area contributed by atoms with Crippen molar-refractivity contribution in [3.05, 3.63) is 24.3 Å². The van der Waals surface area contributed by atoms with Crippen LogP contribution in [0.25, 0.3) is 11.0 Å². The Labute approximate surface area is 106 Å². The summed E-state index contributed by atoms with van der Waals surface area (Å²) in [7, 11) is 0. The number of carbonyl (C=O) groups is 1. The maximum absolute atomic E-state index is 11.8. The number of hydrogen-bond acceptors (Lipinski definition) is 4. The molecule has 0 atom stereocenters. The maximum Gasteiger partial charge on any atom is 0.356 e. The van der Waals surface area contributed by atoms with Crippen LogP contribution in [-0.2, 0) is 11.3 Å². The van der Waals surface area contributed by atoms with E-state index in [9.17, 15) is 4.79 Å². The number of esters is 1. The minimum Gasteiger partial charge on any atom is -0.461 e. The average molecular weight is 247 g/mol. The van der Waals surface area contributed by atoms with Gasteiger partial charge >= 0.3 is 5.97 Å². The van der Waals surface area contributed by atoms with E-state index in [-0.39, 0.29) is 5.97 Å². The Morgan fingerprint density at radius 1 is 1.39 bits per heavy atom. The van der Waals surface area contributed by atoms with Crippen molar-refractivity contribution in [3.8, 4) is 0 Å². The van der Waals surface area contributed by atoms with Crippen LogP contribution in [0.5, 0.6) is 0 Å². The molecule has 0 radical (unpaired) electrons. The summed E-state index contributed by atoms with van der Waals surface area (Å²) in [5.41, 5.74) is 2.05. The molecule has 96 valence electrons. The first-order valence-corrected chi connectivity index (χ1v) is 6.24. The number of imidazole rings is 1. The smallest absolute Gasteiger partial charge is 0.356 e. The first kappa shape index (κ1) is 12.5. The molecule has 0 aliphatic rings. The van der Waals surface area contributed by atoms with Crippen molar-refractivity contribution in [1.82, 2.24) is 14.5 Å². The molecule has 0 amide bonds. The lowest BCUT2D eigenvalue weighted by Gasteiger charge is -2.04. The number of rotatable bonds is 5. The van der Waals surface area contributed by atoms with Gasteiger partial charge in [0.15, 0.2) is 5.69 Å². The number of aromatic nitrogens is 3. The summed E-state index contributed by atoms with van der Waals surface area (Å²) in [4.78, 5) is 20.1. The minimum absolute atomic E-state index is 0.341. The van der Waals surface area contributed by atoms with Crippen LogP contribution in [0, 0.1) is 0 Å². The number of hydrogen-bond donors (Lipinski definition) is 0. The highest BCUT2D eigenvalue weighted by Crippen LogP contribution is 2.13. The molecule has 0 unspecified atom stereocenters. The number of fused-ring (bicyclic) bond motifs is 1. The molecule has 0 saturated heterocycles. The molecule has 0 aromatic carbocycles. The number of unbranched alkanes of at least 4 members (excludes halogenated alkanes) is 1. The summed E-state index contributed by atoms with van der Waals surface area (Å²) in [6.45, 7) is 5.34. The second-order valence-corrected chi connectivity index (χ2v) is 4.08. The van der Waals surface area contributed by atoms with Crippen LogP contribution < -0.4 is 0 Å². The largest absolute Gasteiger partial charge is 0.461 e. The van der Waals surface area contributed by atoms with Crippen molar-refractivity contribution in [3.63, 3.8) is 0 Å². The Morgan fingerprint density at radius 3 is 2.94 bits per heavy atom. The summed E-state index contributed by atoms with van der Waals surface area (Å²) in [6, 6.07) is 1.74. The summed E-state index contributed by atoms with van der Waals surface area (Å²) in [5, 5.41) is 0. The second-order valence-electron chi connectivity index (χ2n) is 4.08. The molecule has 2 heterocycles. The van der Waals surface area contributed by atoms with Gasteiger partial charge in [-0.3, -0.25) is 0 Å². The molecule has 0 aliphatic carbocycles. The fourth-order valence-electron chi connectivity index (χ4n) is 1.71. The zero-order valence-corrected chi connectivity index (χ0v) is 10.7. The number of nitrogens with zero attached hydrogens (tertiary/aromatic N) is 3. The molecule has 2 rings (SSSR count). The van der Waals surface area contributed by atoms with Gasteiger partial charge < -0.3 is 9.30 Å². The molecule has 2 aromatic rings. The normalized spacial score (nSPS) is 10.8. The predicted octanol–water partition coefficient (Wildman–Crippen LogP) is 2.41. The predicted molar refractivity (Wildman–Crippen MR) is 68.4 cm³/mol. The fraction of sp³-hybridized carbons (Fsp3) is 0.462. The van der Waals surface area contributed by atoms with Gasteiger partial charge in [-0.15, -0.1) is 0 Å². The van der Waals surface area contributed by atoms with Crippen molar-refractivity contribution in [2.45, 2.75) is 33.2 Å². The standard InChI is InChI=1S/C13H17N3O2/c1-3-5-6-18-13(17)10-7-12-11(8-14-10)15-9-16(12)4-2/h7-9H,3-6H2,1-2H3. The molecule has 0 saturated carbocycles. The zero-order chi connectivity index (χ0) is 13.0. The first-order chi connectivity index (χ1) is 8.76. The first-order valence-electron chi connectivity index (χ1n) is 6.24. The number of pyridine rings is 1. The summed E-state index contributed by atoms with van der Waals surface area (Å²) in [6.07, 6.45) is 5.24. The van der Waals surface area contributed by atoms with Gasteiger partial charge in [-0.25, -0.2) is 14.8 Å². The summed E-state index contributed by atoms with van der Waals surface area (Å²) in [5.74, 6) is -0.366. The van der Waals surface area contributed by atoms with Crippen LogP contribution in [-0.4, -0.2) is 27.1 Å². The zero-order valence-electron chi connectivity index (χ0n) is 10.7. The molecular weight excluding hydrogens is 230 g/mol. The van der Waals surface area contributed by atoms with Crippen LogP contribution in [0.1, 0.15) is 37.2 Å². The molecular formula is C13H17N3O2. The van der Waals surface area contributed by atoms with E-state index in [1.54, 1.807) is 18.6 Å². The lowest BCUT2D eigenvalue weighted by molar-refractivity contribution is 0.0493. The van der Waals surface area contributed by atoms with Gasteiger partial charge in [0, 0.05) is 6.54 Å². The number of aryl methyl sites for hydroxylation is 1. The average Bonchev–Trinajstić information content (AvgIpc) is 2.80. The molecule has 18 heavy (non-hydrogen) atoms. The summed E-state index contributed by atoms with van der Waals surface area (Å²) < 4.78 is 7.11. The SMILES string of the molecule is CCCCOC(=O)c1cc2c(cn1)ncn2CC. The van der Waals surface area contributed by atoms with Crippen molar-refractivity contribution in [2.24, 2.45) is 0 Å². The van der Waals surface area contributed by atoms with Gasteiger partial charge in [0.05, 0.1) is 24.6 Å². The maximum atomic E-state index is 11.8. The highest BCUT2D eigenvalue weighted by molar-refractivity contribution is 5.91. The van der Waals surface area contributed by atoms with Gasteiger partial charge in [0.2, 0.25) is 0 Å². The Kier molecular flexibility index (Phi) is 3.92. The Balaban J connectivity index is 2.20. The van der Waals surface area contributed by atoms with Gasteiger partial charge in [-0.05, 0) is 19.4 Å². The monoisotopic (exact) mass is 247 g/mol. The molecule has 0 N–H and O–H groups in total. The van der Waals surface area contributed by atoms with Gasteiger partial charge in [-0.2, -0.15) is 0 Å². The number of ether oxygens (including phenoxy) is 1. The summed E-state index contributed by atoms with van der Waals surface area (Å²) >= 11 is 0. The third-order valence-corrected chi connectivity index (χ3v) is 2.79. The molecule has 0 fully saturated rings. The van der Waals surface area contributed by atoms with E-state index in [1.807, 2.05) is 11.5 Å². The molecule has 5 nitrogen and oxygen atoms in total. The van der Waals surface area contributed by atoms with Crippen LogP contribution in [0.3, 0.4) is 0 Å². The van der Waals surface area contributed by atoms with Crippen molar-refractivity contribution >= 4 is 17.0 Å². The topological polar surface area (TPSA) is 57.0 Å². The quantitative estimate of drug-likeness (QED) is 0.601. The third kappa shape index (κ3) is 2.50. The van der Waals surface area contributed by atoms with E-state index in [0.717, 1.165) is 30.4 Å². The Morgan fingerprint density at radius 2 is 2.22 bits per heavy atom. The number of carbonyl (C=O) groups excluding carboxylic acids is 1. The van der Waals surface area contributed by atoms with E-state index < -0.39 is 0 Å². The Bertz CT molecular complexity index is 548. The minimum atomic E-state index is -0.366. The van der Waals surface area contributed by atoms with Crippen LogP contribution in [0.2, 0.25) is 0 Å². The molecule has 0 aliphatic heterocycles. The van der Waals surface area contributed by atoms with E-state index in [4.69, 9.17) is 4.74 Å². The van der Waals surface area contributed by atoms with E-state index in [1.165, 1.54) is 0 Å². The van der Waals surface area contributed by atoms with Gasteiger partial charge in [0.1, 0.15) is 5.52 Å². The molecule has 5 heteroatoms. The van der Waals surface area contributed by atoms with Crippen molar-refractivity contribution < 1.29 is 9.53 Å². The second kappa shape index (κ2) is 5.62. The molecule has 0 spiro atoms. The van der Waals surface area contributed by atoms with Crippen LogP contribution in [0.15, 0.2) is 18.6 Å². The highest BCUT2D eigenvalue weighted by atomic mass is 16.5. The molecule has 2 aromatic heterocycles. The van der Waals surface area contributed by atoms with E-state index in [2.05, 4.69) is 16.9 Å². The third-order valence-electron chi connectivity index (χ3n) is 2.79. The lowest BCUT2D eigenvalue weighted by atomic mass is 10.3. The van der Waals surface area contributed by atoms with Crippen LogP contribution >= 0.6 is 0 Å². The molecule has 0 bridgehead atoms. The van der Waals surface area contributed by atoms with Crippen molar-refractivity contribution in [1.29, 1.82) is 0 Å². The van der Waals surface area contributed by atoms with Crippen LogP contribution in [0.4, 0.5) is 0 Å². The lowest BCUT2D eigenvalue weighted by Crippen LogP contribution is -2.08. The fourth-order valence-corrected chi connectivity index (χ4v) is 1.71. The van der Waals surface area contributed by atoms with E-state index >= 15 is 0 Å². The van der Waals surface area contributed by atoms with Gasteiger partial charge in [0.25, 0.3) is 0 Å². The van der Waals surface area contributed by atoms with Crippen molar-refractivity contribution in [2.75, 3.05) is 6.61 Å². The highest BCUT2D eigenvalue weighted by Gasteiger charge is 2.11. The van der Waals surface area contributed by atoms with E-state index in [0.29, 0.717) is 12.3 Å².